The first-order chi connectivity index (χ1) is 19.6. The molecule has 0 radical (unpaired) electrons. The van der Waals surface area contributed by atoms with Crippen LogP contribution in [0.15, 0.2) is 62.0 Å². The molecular weight excluding hydrogens is 828 g/mol. The van der Waals surface area contributed by atoms with Crippen LogP contribution in [0.4, 0.5) is 0 Å². The largest absolute Gasteiger partial charge is 0.506 e. The number of phenols is 2. The molecule has 2 aliphatic rings. The summed E-state index contributed by atoms with van der Waals surface area (Å²) in [5, 5.41) is 26.5. The van der Waals surface area contributed by atoms with Crippen LogP contribution in [-0.2, 0) is 9.59 Å². The van der Waals surface area contributed by atoms with Crippen molar-refractivity contribution in [3.05, 3.63) is 63.1 Å². The first kappa shape index (κ1) is 32.3. The summed E-state index contributed by atoms with van der Waals surface area (Å²) in [6.45, 7) is 1.28. The molecule has 2 aromatic rings. The summed E-state index contributed by atoms with van der Waals surface area (Å²) in [6, 6.07) is 6.99. The van der Waals surface area contributed by atoms with Gasteiger partial charge in [-0.15, -0.1) is 0 Å². The highest BCUT2D eigenvalue weighted by molar-refractivity contribution is 9.11. The standard InChI is InChI=1S/C27H24Br4N4O4S2/c28-16-8-14(9-17(29)22(16)36)12-20-24(38)34-26(40-20)32-6-4-2-1-3-5-7-33-27-35-25(39)21(41-27)13-15-10-18(30)23(37)19(31)11-15/h8-13,36-37H,1-7H2,(H,32,34,38)(H,33,35,39)/b20-12-,21-13-. The SMILES string of the molecule is O=C1NC(=NCCCCCCCN=C2NC(=O)/C(=C/c3cc(Br)c(O)c(Br)c3)S2)S/C1=C\c1cc(Br)c(O)c(Br)c1. The molecule has 216 valence electrons. The summed E-state index contributed by atoms with van der Waals surface area (Å²) in [5.41, 5.74) is 1.57. The average Bonchev–Trinajstić information content (AvgIpc) is 3.45. The van der Waals surface area contributed by atoms with Crippen molar-refractivity contribution in [3.8, 4) is 11.5 Å². The number of aliphatic imine (C=N–C) groups is 2. The normalized spacial score (nSPS) is 19.1. The molecule has 0 atom stereocenters. The molecule has 2 aromatic carbocycles. The third-order valence-corrected chi connectivity index (χ3v) is 10.1. The second-order valence-corrected chi connectivity index (χ2v) is 14.4. The van der Waals surface area contributed by atoms with Gasteiger partial charge in [-0.2, -0.15) is 0 Å². The van der Waals surface area contributed by atoms with Gasteiger partial charge in [-0.3, -0.25) is 19.6 Å². The highest BCUT2D eigenvalue weighted by Gasteiger charge is 2.24. The minimum atomic E-state index is -0.184. The highest BCUT2D eigenvalue weighted by Crippen LogP contribution is 2.36. The number of unbranched alkanes of at least 4 members (excludes halogenated alkanes) is 4. The molecular formula is C27H24Br4N4O4S2. The highest BCUT2D eigenvalue weighted by atomic mass is 79.9. The molecule has 0 bridgehead atoms. The van der Waals surface area contributed by atoms with Gasteiger partial charge in [0.15, 0.2) is 10.3 Å². The van der Waals surface area contributed by atoms with Crippen molar-refractivity contribution in [1.29, 1.82) is 0 Å². The fourth-order valence-corrected chi connectivity index (χ4v) is 7.89. The molecule has 2 saturated heterocycles. The second-order valence-electron chi connectivity index (χ2n) is 8.94. The molecule has 2 amide bonds. The van der Waals surface area contributed by atoms with Gasteiger partial charge in [0.25, 0.3) is 11.8 Å². The van der Waals surface area contributed by atoms with Crippen LogP contribution in [0, 0.1) is 0 Å². The van der Waals surface area contributed by atoms with Crippen molar-refractivity contribution in [3.63, 3.8) is 0 Å². The number of rotatable bonds is 10. The summed E-state index contributed by atoms with van der Waals surface area (Å²) in [5.74, 6) is -0.138. The second kappa shape index (κ2) is 15.2. The third kappa shape index (κ3) is 9.20. The lowest BCUT2D eigenvalue weighted by atomic mass is 10.1. The fraction of sp³-hybridized carbons (Fsp3) is 0.259. The minimum absolute atomic E-state index is 0.115. The van der Waals surface area contributed by atoms with Crippen LogP contribution in [0.5, 0.6) is 11.5 Å². The van der Waals surface area contributed by atoms with E-state index in [1.54, 1.807) is 36.4 Å². The smallest absolute Gasteiger partial charge is 0.264 e. The Hall–Kier alpha value is -1.58. The van der Waals surface area contributed by atoms with Crippen molar-refractivity contribution < 1.29 is 19.8 Å². The van der Waals surface area contributed by atoms with Crippen LogP contribution in [0.25, 0.3) is 12.2 Å². The topological polar surface area (TPSA) is 123 Å². The molecule has 2 aliphatic heterocycles. The van der Waals surface area contributed by atoms with Crippen LogP contribution >= 0.6 is 87.2 Å². The van der Waals surface area contributed by atoms with E-state index in [1.807, 2.05) is 0 Å². The van der Waals surface area contributed by atoms with E-state index in [9.17, 15) is 19.8 Å². The van der Waals surface area contributed by atoms with Gasteiger partial charge >= 0.3 is 0 Å². The van der Waals surface area contributed by atoms with E-state index < -0.39 is 0 Å². The predicted molar refractivity (Wildman–Crippen MR) is 182 cm³/mol. The van der Waals surface area contributed by atoms with Crippen molar-refractivity contribution >= 4 is 122 Å². The van der Waals surface area contributed by atoms with Crippen LogP contribution < -0.4 is 10.6 Å². The Morgan fingerprint density at radius 1 is 0.634 bits per heavy atom. The number of hydrogen-bond donors (Lipinski definition) is 4. The lowest BCUT2D eigenvalue weighted by molar-refractivity contribution is -0.116. The molecule has 8 nitrogen and oxygen atoms in total. The zero-order chi connectivity index (χ0) is 29.5. The molecule has 2 heterocycles. The number of nitrogens with zero attached hydrogens (tertiary/aromatic N) is 2. The zero-order valence-corrected chi connectivity index (χ0v) is 29.3. The lowest BCUT2D eigenvalue weighted by Gasteiger charge is -2.02. The molecule has 14 heteroatoms. The monoisotopic (exact) mass is 848 g/mol. The molecule has 0 aliphatic carbocycles. The van der Waals surface area contributed by atoms with Gasteiger partial charge in [-0.1, -0.05) is 19.3 Å². The average molecular weight is 852 g/mol. The predicted octanol–water partition coefficient (Wildman–Crippen LogP) is 7.92. The first-order valence-electron chi connectivity index (χ1n) is 12.5. The zero-order valence-electron chi connectivity index (χ0n) is 21.3. The number of carbonyl (C=O) groups excluding carboxylic acids is 2. The molecule has 41 heavy (non-hydrogen) atoms. The van der Waals surface area contributed by atoms with Crippen molar-refractivity contribution in [2.45, 2.75) is 32.1 Å². The number of carbonyl (C=O) groups is 2. The summed E-state index contributed by atoms with van der Waals surface area (Å²) in [7, 11) is 0. The summed E-state index contributed by atoms with van der Waals surface area (Å²) in [6.07, 6.45) is 8.49. The third-order valence-electron chi connectivity index (χ3n) is 5.80. The quantitative estimate of drug-likeness (QED) is 0.142. The Morgan fingerprint density at radius 3 is 1.34 bits per heavy atom. The molecule has 4 N–H and O–H groups in total. The Morgan fingerprint density at radius 2 is 0.976 bits per heavy atom. The molecule has 0 spiro atoms. The van der Waals surface area contributed by atoms with E-state index in [1.165, 1.54) is 23.5 Å². The van der Waals surface area contributed by atoms with Crippen LogP contribution in [0.3, 0.4) is 0 Å². The molecule has 4 rings (SSSR count). The summed E-state index contributed by atoms with van der Waals surface area (Å²) < 4.78 is 2.18. The fourth-order valence-electron chi connectivity index (χ4n) is 3.76. The maximum atomic E-state index is 12.3. The number of thioether (sulfide) groups is 2. The first-order valence-corrected chi connectivity index (χ1v) is 17.3. The van der Waals surface area contributed by atoms with E-state index in [0.717, 1.165) is 43.2 Å². The van der Waals surface area contributed by atoms with Crippen molar-refractivity contribution in [1.82, 2.24) is 10.6 Å². The number of amides is 2. The molecule has 0 unspecified atom stereocenters. The van der Waals surface area contributed by atoms with E-state index in [2.05, 4.69) is 84.3 Å². The number of nitrogens with one attached hydrogen (secondary N) is 2. The maximum Gasteiger partial charge on any atom is 0.264 e. The van der Waals surface area contributed by atoms with Gasteiger partial charge < -0.3 is 20.8 Å². The Labute approximate surface area is 279 Å². The minimum Gasteiger partial charge on any atom is -0.506 e. The van der Waals surface area contributed by atoms with E-state index in [0.29, 0.717) is 51.1 Å². The Bertz CT molecular complexity index is 1340. The Kier molecular flexibility index (Phi) is 12.0. The number of hydrogen-bond acceptors (Lipinski definition) is 8. The van der Waals surface area contributed by atoms with Crippen LogP contribution in [0.1, 0.15) is 43.2 Å². The summed E-state index contributed by atoms with van der Waals surface area (Å²) >= 11 is 15.8. The van der Waals surface area contributed by atoms with E-state index in [4.69, 9.17) is 0 Å². The maximum absolute atomic E-state index is 12.3. The van der Waals surface area contributed by atoms with Crippen LogP contribution in [0.2, 0.25) is 0 Å². The molecule has 0 aromatic heterocycles. The molecule has 0 saturated carbocycles. The van der Waals surface area contributed by atoms with Crippen molar-refractivity contribution in [2.75, 3.05) is 13.1 Å². The number of aromatic hydroxyl groups is 2. The molecule has 2 fully saturated rings. The number of amidine groups is 2. The van der Waals surface area contributed by atoms with Gasteiger partial charge in [-0.05, 0) is 148 Å². The number of halogens is 4. The van der Waals surface area contributed by atoms with E-state index in [-0.39, 0.29) is 23.3 Å². The van der Waals surface area contributed by atoms with Gasteiger partial charge in [0, 0.05) is 13.1 Å². The van der Waals surface area contributed by atoms with E-state index >= 15 is 0 Å². The van der Waals surface area contributed by atoms with Crippen LogP contribution in [-0.4, -0.2) is 45.5 Å². The lowest BCUT2D eigenvalue weighted by Crippen LogP contribution is -2.20. The van der Waals surface area contributed by atoms with Crippen molar-refractivity contribution in [2.24, 2.45) is 9.98 Å². The Balaban J connectivity index is 1.14. The van der Waals surface area contributed by atoms with Gasteiger partial charge in [-0.25, -0.2) is 0 Å². The van der Waals surface area contributed by atoms with Gasteiger partial charge in [0.2, 0.25) is 0 Å². The number of benzene rings is 2. The van der Waals surface area contributed by atoms with Gasteiger partial charge in [0.05, 0.1) is 27.7 Å². The van der Waals surface area contributed by atoms with Gasteiger partial charge in [0.1, 0.15) is 11.5 Å². The number of phenolic OH excluding ortho intramolecular Hbond substituents is 2. The summed E-state index contributed by atoms with van der Waals surface area (Å²) in [4.78, 5) is 34.8.